The van der Waals surface area contributed by atoms with Crippen LogP contribution in [-0.2, 0) is 11.3 Å². The minimum absolute atomic E-state index is 0.00499. The Morgan fingerprint density at radius 1 is 1.22 bits per heavy atom. The van der Waals surface area contributed by atoms with Crippen LogP contribution in [0.25, 0.3) is 0 Å². The summed E-state index contributed by atoms with van der Waals surface area (Å²) in [6.07, 6.45) is 1.60. The number of aldehydes is 1. The van der Waals surface area contributed by atoms with Crippen molar-refractivity contribution in [1.82, 2.24) is 9.97 Å². The first-order chi connectivity index (χ1) is 12.6. The van der Waals surface area contributed by atoms with Crippen LogP contribution in [0.3, 0.4) is 0 Å². The molecule has 0 unspecified atom stereocenters. The number of pyridine rings is 2. The van der Waals surface area contributed by atoms with Crippen molar-refractivity contribution in [3.63, 3.8) is 0 Å². The molecule has 2 aromatic heterocycles. The number of nitrogens with zero attached hydrogens (tertiary/aromatic N) is 3. The Hall–Kier alpha value is -3.10. The molecule has 0 saturated carbocycles. The quantitative estimate of drug-likeness (QED) is 0.740. The molecule has 0 bridgehead atoms. The van der Waals surface area contributed by atoms with E-state index in [2.05, 4.69) is 9.97 Å². The number of ether oxygens (including phenoxy) is 2. The van der Waals surface area contributed by atoms with Gasteiger partial charge in [0.15, 0.2) is 17.9 Å². The highest BCUT2D eigenvalue weighted by Crippen LogP contribution is 2.25. The van der Waals surface area contributed by atoms with Gasteiger partial charge in [-0.25, -0.2) is 23.5 Å². The van der Waals surface area contributed by atoms with Crippen molar-refractivity contribution in [2.24, 2.45) is 0 Å². The largest absolute Gasteiger partial charge is 0.481 e. The van der Waals surface area contributed by atoms with E-state index in [1.807, 2.05) is 0 Å². The number of methoxy groups -OCH3 is 1. The van der Waals surface area contributed by atoms with Gasteiger partial charge in [0.25, 0.3) is 0 Å². The molecule has 27 heavy (non-hydrogen) atoms. The number of aromatic nitrogens is 2. The van der Waals surface area contributed by atoms with Gasteiger partial charge in [-0.15, -0.1) is 0 Å². The molecule has 0 aliphatic carbocycles. The third-order valence-electron chi connectivity index (χ3n) is 3.26. The zero-order chi connectivity index (χ0) is 20.2. The van der Waals surface area contributed by atoms with Crippen LogP contribution in [0.2, 0.25) is 0 Å². The van der Waals surface area contributed by atoms with E-state index in [-0.39, 0.29) is 29.4 Å². The minimum Gasteiger partial charge on any atom is -0.481 e. The lowest BCUT2D eigenvalue weighted by Gasteiger charge is -2.27. The predicted octanol–water partition coefficient (Wildman–Crippen LogP) is 3.52. The zero-order valence-corrected chi connectivity index (χ0v) is 15.3. The normalized spacial score (nSPS) is 11.0. The standard InChI is InChI=1S/C18H19F2N3O4/c1-18(2,3)27-17(25)23(15-14(20)5-11(10-24)7-21-15)9-12-6-13(19)8-22-16(12)26-4/h5-8,10H,9H2,1-4H3. The fourth-order valence-corrected chi connectivity index (χ4v) is 2.19. The van der Waals surface area contributed by atoms with Crippen molar-refractivity contribution in [3.05, 3.63) is 47.3 Å². The molecule has 0 atom stereocenters. The molecule has 2 rings (SSSR count). The second-order valence-electron chi connectivity index (χ2n) is 6.58. The molecule has 0 aliphatic rings. The average molecular weight is 379 g/mol. The van der Waals surface area contributed by atoms with E-state index in [1.54, 1.807) is 20.8 Å². The van der Waals surface area contributed by atoms with Crippen LogP contribution >= 0.6 is 0 Å². The average Bonchev–Trinajstić information content (AvgIpc) is 2.58. The van der Waals surface area contributed by atoms with Gasteiger partial charge in [-0.3, -0.25) is 9.69 Å². The highest BCUT2D eigenvalue weighted by molar-refractivity contribution is 5.87. The summed E-state index contributed by atoms with van der Waals surface area (Å²) in [7, 11) is 1.33. The monoisotopic (exact) mass is 379 g/mol. The number of anilines is 1. The van der Waals surface area contributed by atoms with Crippen molar-refractivity contribution in [3.8, 4) is 5.88 Å². The third-order valence-corrected chi connectivity index (χ3v) is 3.26. The highest BCUT2D eigenvalue weighted by atomic mass is 19.1. The van der Waals surface area contributed by atoms with Gasteiger partial charge in [0.2, 0.25) is 5.88 Å². The maximum Gasteiger partial charge on any atom is 0.416 e. The maximum atomic E-state index is 14.5. The summed E-state index contributed by atoms with van der Waals surface area (Å²) in [5, 5.41) is 0. The molecule has 0 saturated heterocycles. The molecule has 0 aliphatic heterocycles. The van der Waals surface area contributed by atoms with Gasteiger partial charge in [-0.05, 0) is 32.9 Å². The lowest BCUT2D eigenvalue weighted by Crippen LogP contribution is -2.37. The number of carbonyl (C=O) groups excluding carboxylic acids is 2. The molecule has 9 heteroatoms. The van der Waals surface area contributed by atoms with Gasteiger partial charge in [0, 0.05) is 17.3 Å². The van der Waals surface area contributed by atoms with E-state index < -0.39 is 23.3 Å². The van der Waals surface area contributed by atoms with Crippen molar-refractivity contribution < 1.29 is 27.8 Å². The Bertz CT molecular complexity index is 853. The molecule has 0 aromatic carbocycles. The number of amides is 1. The molecule has 144 valence electrons. The van der Waals surface area contributed by atoms with Gasteiger partial charge in [-0.1, -0.05) is 0 Å². The van der Waals surface area contributed by atoms with Crippen LogP contribution < -0.4 is 9.64 Å². The molecule has 0 radical (unpaired) electrons. The van der Waals surface area contributed by atoms with Crippen LogP contribution in [0.4, 0.5) is 19.4 Å². The summed E-state index contributed by atoms with van der Waals surface area (Å²) in [4.78, 5) is 31.9. The third kappa shape index (κ3) is 5.19. The van der Waals surface area contributed by atoms with E-state index in [0.29, 0.717) is 6.29 Å². The summed E-state index contributed by atoms with van der Waals surface area (Å²) in [6.45, 7) is 4.62. The Morgan fingerprint density at radius 3 is 2.48 bits per heavy atom. The van der Waals surface area contributed by atoms with Crippen LogP contribution in [0, 0.1) is 11.6 Å². The van der Waals surface area contributed by atoms with Crippen LogP contribution in [-0.4, -0.2) is 35.1 Å². The Kier molecular flexibility index (Phi) is 6.04. The molecule has 7 nitrogen and oxygen atoms in total. The van der Waals surface area contributed by atoms with E-state index in [1.165, 1.54) is 7.11 Å². The molecule has 2 aromatic rings. The lowest BCUT2D eigenvalue weighted by atomic mass is 10.2. The SMILES string of the molecule is COc1ncc(F)cc1CN(C(=O)OC(C)(C)C)c1ncc(C=O)cc1F. The Morgan fingerprint density at radius 2 is 1.93 bits per heavy atom. The van der Waals surface area contributed by atoms with Gasteiger partial charge in [0.05, 0.1) is 19.9 Å². The molecule has 0 N–H and O–H groups in total. The second-order valence-corrected chi connectivity index (χ2v) is 6.58. The van der Waals surface area contributed by atoms with Crippen LogP contribution in [0.1, 0.15) is 36.7 Å². The van der Waals surface area contributed by atoms with Crippen LogP contribution in [0.15, 0.2) is 24.5 Å². The summed E-state index contributed by atoms with van der Waals surface area (Å²) >= 11 is 0. The number of carbonyl (C=O) groups is 2. The van der Waals surface area contributed by atoms with E-state index in [0.717, 1.165) is 29.4 Å². The summed E-state index contributed by atoms with van der Waals surface area (Å²) in [5.74, 6) is -1.87. The van der Waals surface area contributed by atoms with Gasteiger partial charge < -0.3 is 9.47 Å². The number of hydrogen-bond acceptors (Lipinski definition) is 6. The van der Waals surface area contributed by atoms with Crippen molar-refractivity contribution in [2.45, 2.75) is 32.9 Å². The van der Waals surface area contributed by atoms with E-state index in [4.69, 9.17) is 9.47 Å². The molecule has 0 spiro atoms. The smallest absolute Gasteiger partial charge is 0.416 e. The molecular formula is C18H19F2N3O4. The molecular weight excluding hydrogens is 360 g/mol. The molecule has 1 amide bonds. The zero-order valence-electron chi connectivity index (χ0n) is 15.3. The summed E-state index contributed by atoms with van der Waals surface area (Å²) in [5.41, 5.74) is -0.673. The van der Waals surface area contributed by atoms with Crippen molar-refractivity contribution in [1.29, 1.82) is 0 Å². The van der Waals surface area contributed by atoms with Crippen molar-refractivity contribution in [2.75, 3.05) is 12.0 Å². The lowest BCUT2D eigenvalue weighted by molar-refractivity contribution is 0.0574. The molecule has 0 fully saturated rings. The summed E-state index contributed by atoms with van der Waals surface area (Å²) < 4.78 is 38.4. The predicted molar refractivity (Wildman–Crippen MR) is 92.7 cm³/mol. The fourth-order valence-electron chi connectivity index (χ4n) is 2.19. The van der Waals surface area contributed by atoms with Gasteiger partial charge in [0.1, 0.15) is 11.4 Å². The molecule has 2 heterocycles. The summed E-state index contributed by atoms with van der Waals surface area (Å²) in [6, 6.07) is 2.05. The second kappa shape index (κ2) is 8.07. The first-order valence-corrected chi connectivity index (χ1v) is 7.94. The first-order valence-electron chi connectivity index (χ1n) is 7.94. The number of rotatable bonds is 5. The minimum atomic E-state index is -0.909. The fraction of sp³-hybridized carbons (Fsp3) is 0.333. The van der Waals surface area contributed by atoms with Crippen LogP contribution in [0.5, 0.6) is 5.88 Å². The van der Waals surface area contributed by atoms with E-state index >= 15 is 0 Å². The van der Waals surface area contributed by atoms with Gasteiger partial charge >= 0.3 is 6.09 Å². The highest BCUT2D eigenvalue weighted by Gasteiger charge is 2.28. The maximum absolute atomic E-state index is 14.5. The van der Waals surface area contributed by atoms with Crippen molar-refractivity contribution >= 4 is 18.2 Å². The van der Waals surface area contributed by atoms with E-state index in [9.17, 15) is 18.4 Å². The first kappa shape index (κ1) is 20.2. The Balaban J connectivity index is 2.49. The number of halogens is 2. The topological polar surface area (TPSA) is 81.6 Å². The number of hydrogen-bond donors (Lipinski definition) is 0. The Labute approximate surface area is 154 Å². The van der Waals surface area contributed by atoms with Gasteiger partial charge in [-0.2, -0.15) is 0 Å².